The molecule has 0 atom stereocenters. The fourth-order valence-electron chi connectivity index (χ4n) is 2.10. The number of rotatable bonds is 5. The summed E-state index contributed by atoms with van der Waals surface area (Å²) >= 11 is 1.90. The van der Waals surface area contributed by atoms with Crippen molar-refractivity contribution in [1.82, 2.24) is 10.3 Å². The molecule has 1 aliphatic carbocycles. The van der Waals surface area contributed by atoms with Gasteiger partial charge in [0.25, 0.3) is 0 Å². The van der Waals surface area contributed by atoms with E-state index in [4.69, 9.17) is 4.74 Å². The molecule has 1 aromatic rings. The summed E-state index contributed by atoms with van der Waals surface area (Å²) in [5.41, 5.74) is 1.29. The second-order valence-corrected chi connectivity index (χ2v) is 6.41. The van der Waals surface area contributed by atoms with Crippen molar-refractivity contribution in [3.05, 3.63) is 23.9 Å². The molecule has 3 rings (SSSR count). The molecule has 1 saturated carbocycles. The molecule has 4 heteroatoms. The number of hydrogen-bond acceptors (Lipinski definition) is 4. The van der Waals surface area contributed by atoms with Crippen molar-refractivity contribution in [1.29, 1.82) is 0 Å². The van der Waals surface area contributed by atoms with E-state index in [0.717, 1.165) is 43.7 Å². The molecule has 1 aromatic heterocycles. The van der Waals surface area contributed by atoms with Crippen molar-refractivity contribution in [2.45, 2.75) is 48.5 Å². The summed E-state index contributed by atoms with van der Waals surface area (Å²) in [6.07, 6.45) is 6.99. The first-order valence-electron chi connectivity index (χ1n) is 6.83. The van der Waals surface area contributed by atoms with Crippen LogP contribution in [-0.4, -0.2) is 29.5 Å². The third-order valence-corrected chi connectivity index (χ3v) is 4.71. The second-order valence-electron chi connectivity index (χ2n) is 5.09. The van der Waals surface area contributed by atoms with Gasteiger partial charge in [-0.2, -0.15) is 0 Å². The molecule has 0 amide bonds. The van der Waals surface area contributed by atoms with Crippen LogP contribution in [0.1, 0.15) is 31.2 Å². The standard InChI is InChI=1S/C14H20N2OS/c1-4-14(18-13-5-7-17-8-6-13)16-10-11(1)9-15-12-2-3-12/h1,4,10,12-13,15H,2-3,5-9H2. The summed E-state index contributed by atoms with van der Waals surface area (Å²) in [4.78, 5) is 4.55. The summed E-state index contributed by atoms with van der Waals surface area (Å²) in [6, 6.07) is 5.12. The minimum Gasteiger partial charge on any atom is -0.381 e. The van der Waals surface area contributed by atoms with Crippen LogP contribution < -0.4 is 5.32 Å². The molecule has 0 spiro atoms. The first-order valence-corrected chi connectivity index (χ1v) is 7.71. The zero-order valence-electron chi connectivity index (χ0n) is 10.6. The molecule has 2 fully saturated rings. The lowest BCUT2D eigenvalue weighted by atomic mass is 10.2. The van der Waals surface area contributed by atoms with Crippen LogP contribution in [0.2, 0.25) is 0 Å². The predicted molar refractivity (Wildman–Crippen MR) is 73.8 cm³/mol. The van der Waals surface area contributed by atoms with Gasteiger partial charge in [-0.25, -0.2) is 4.98 Å². The molecule has 0 radical (unpaired) electrons. The monoisotopic (exact) mass is 264 g/mol. The number of nitrogens with one attached hydrogen (secondary N) is 1. The van der Waals surface area contributed by atoms with Gasteiger partial charge in [0.1, 0.15) is 0 Å². The van der Waals surface area contributed by atoms with Crippen molar-refractivity contribution < 1.29 is 4.74 Å². The highest BCUT2D eigenvalue weighted by Gasteiger charge is 2.20. The van der Waals surface area contributed by atoms with Crippen molar-refractivity contribution in [3.8, 4) is 0 Å². The van der Waals surface area contributed by atoms with E-state index in [1.54, 1.807) is 0 Å². The normalized spacial score (nSPS) is 21.1. The molecule has 0 bridgehead atoms. The van der Waals surface area contributed by atoms with E-state index in [1.807, 2.05) is 18.0 Å². The van der Waals surface area contributed by atoms with Crippen LogP contribution in [0.4, 0.5) is 0 Å². The fraction of sp³-hybridized carbons (Fsp3) is 0.643. The number of aromatic nitrogens is 1. The van der Waals surface area contributed by atoms with Crippen LogP contribution in [-0.2, 0) is 11.3 Å². The highest BCUT2D eigenvalue weighted by Crippen LogP contribution is 2.28. The van der Waals surface area contributed by atoms with Gasteiger partial charge in [0.15, 0.2) is 0 Å². The van der Waals surface area contributed by atoms with Crippen LogP contribution in [0, 0.1) is 0 Å². The van der Waals surface area contributed by atoms with Crippen molar-refractivity contribution in [3.63, 3.8) is 0 Å². The summed E-state index contributed by atoms with van der Waals surface area (Å²) < 4.78 is 5.37. The molecule has 3 nitrogen and oxygen atoms in total. The van der Waals surface area contributed by atoms with E-state index in [0.29, 0.717) is 5.25 Å². The molecule has 0 aromatic carbocycles. The molecule has 1 saturated heterocycles. The molecule has 98 valence electrons. The summed E-state index contributed by atoms with van der Waals surface area (Å²) in [5, 5.41) is 5.34. The minimum atomic E-state index is 0.682. The lowest BCUT2D eigenvalue weighted by molar-refractivity contribution is 0.1000. The highest BCUT2D eigenvalue weighted by molar-refractivity contribution is 7.99. The Hall–Kier alpha value is -0.580. The fourth-order valence-corrected chi connectivity index (χ4v) is 3.13. The van der Waals surface area contributed by atoms with Crippen molar-refractivity contribution in [2.24, 2.45) is 0 Å². The Morgan fingerprint density at radius 3 is 2.72 bits per heavy atom. The Kier molecular flexibility index (Phi) is 4.18. The van der Waals surface area contributed by atoms with Crippen LogP contribution in [0.15, 0.2) is 23.4 Å². The molecule has 1 N–H and O–H groups in total. The van der Waals surface area contributed by atoms with Crippen LogP contribution in [0.5, 0.6) is 0 Å². The SMILES string of the molecule is c1cc(SC2CCOCC2)ncc1CNC1CC1. The molecule has 0 unspecified atom stereocenters. The highest BCUT2D eigenvalue weighted by atomic mass is 32.2. The maximum atomic E-state index is 5.37. The van der Waals surface area contributed by atoms with E-state index in [-0.39, 0.29) is 0 Å². The summed E-state index contributed by atoms with van der Waals surface area (Å²) in [5.74, 6) is 0. The lowest BCUT2D eigenvalue weighted by Gasteiger charge is -2.20. The van der Waals surface area contributed by atoms with E-state index in [1.165, 1.54) is 18.4 Å². The second kappa shape index (κ2) is 6.04. The Balaban J connectivity index is 1.49. The Morgan fingerprint density at radius 1 is 1.22 bits per heavy atom. The van der Waals surface area contributed by atoms with Gasteiger partial charge < -0.3 is 10.1 Å². The third-order valence-electron chi connectivity index (χ3n) is 3.43. The molecule has 18 heavy (non-hydrogen) atoms. The van der Waals surface area contributed by atoms with Gasteiger partial charge in [-0.05, 0) is 37.3 Å². The van der Waals surface area contributed by atoms with E-state index < -0.39 is 0 Å². The van der Waals surface area contributed by atoms with E-state index >= 15 is 0 Å². The number of pyridine rings is 1. The van der Waals surface area contributed by atoms with Crippen LogP contribution >= 0.6 is 11.8 Å². The van der Waals surface area contributed by atoms with Crippen LogP contribution in [0.25, 0.3) is 0 Å². The molecule has 1 aliphatic heterocycles. The maximum absolute atomic E-state index is 5.37. The predicted octanol–water partition coefficient (Wildman–Crippen LogP) is 2.60. The Bertz CT molecular complexity index is 372. The molecular weight excluding hydrogens is 244 g/mol. The maximum Gasteiger partial charge on any atom is 0.0962 e. The first-order chi connectivity index (χ1) is 8.90. The van der Waals surface area contributed by atoms with E-state index in [2.05, 4.69) is 22.4 Å². The van der Waals surface area contributed by atoms with Gasteiger partial charge in [-0.3, -0.25) is 0 Å². The lowest BCUT2D eigenvalue weighted by Crippen LogP contribution is -2.17. The number of ether oxygens (including phenoxy) is 1. The zero-order chi connectivity index (χ0) is 12.2. The first kappa shape index (κ1) is 12.5. The average Bonchev–Trinajstić information content (AvgIpc) is 3.23. The van der Waals surface area contributed by atoms with Gasteiger partial charge in [0.05, 0.1) is 5.03 Å². The summed E-state index contributed by atoms with van der Waals surface area (Å²) in [6.45, 7) is 2.77. The van der Waals surface area contributed by atoms with Crippen molar-refractivity contribution >= 4 is 11.8 Å². The number of thioether (sulfide) groups is 1. The van der Waals surface area contributed by atoms with Gasteiger partial charge in [0, 0.05) is 37.2 Å². The smallest absolute Gasteiger partial charge is 0.0962 e. The van der Waals surface area contributed by atoms with Gasteiger partial charge in [-0.15, -0.1) is 11.8 Å². The van der Waals surface area contributed by atoms with Crippen molar-refractivity contribution in [2.75, 3.05) is 13.2 Å². The number of nitrogens with zero attached hydrogens (tertiary/aromatic N) is 1. The van der Waals surface area contributed by atoms with Gasteiger partial charge in [-0.1, -0.05) is 6.07 Å². The topological polar surface area (TPSA) is 34.1 Å². The Morgan fingerprint density at radius 2 is 2.06 bits per heavy atom. The van der Waals surface area contributed by atoms with Crippen LogP contribution in [0.3, 0.4) is 0 Å². The molecule has 2 heterocycles. The molecular formula is C14H20N2OS. The molecule has 2 aliphatic rings. The van der Waals surface area contributed by atoms with Gasteiger partial charge >= 0.3 is 0 Å². The minimum absolute atomic E-state index is 0.682. The zero-order valence-corrected chi connectivity index (χ0v) is 11.4. The van der Waals surface area contributed by atoms with E-state index in [9.17, 15) is 0 Å². The van der Waals surface area contributed by atoms with Gasteiger partial charge in [0.2, 0.25) is 0 Å². The largest absolute Gasteiger partial charge is 0.381 e. The average molecular weight is 264 g/mol. The Labute approximate surface area is 113 Å². The number of hydrogen-bond donors (Lipinski definition) is 1. The summed E-state index contributed by atoms with van der Waals surface area (Å²) in [7, 11) is 0. The third kappa shape index (κ3) is 3.70. The quantitative estimate of drug-likeness (QED) is 0.886.